The van der Waals surface area contributed by atoms with Gasteiger partial charge in [0.2, 0.25) is 5.79 Å². The van der Waals surface area contributed by atoms with Gasteiger partial charge in [0.1, 0.15) is 24.9 Å². The zero-order valence-corrected chi connectivity index (χ0v) is 8.21. The molecule has 1 heterocycles. The van der Waals surface area contributed by atoms with E-state index in [1.165, 1.54) is 14.2 Å². The summed E-state index contributed by atoms with van der Waals surface area (Å²) in [6.45, 7) is -0.398. The fourth-order valence-electron chi connectivity index (χ4n) is 1.55. The smallest absolute Gasteiger partial charge is 0.221 e. The summed E-state index contributed by atoms with van der Waals surface area (Å²) in [5.74, 6) is -1.39. The SMILES string of the molecule is COCC1(OC)O[C@H](CO)[C@H](O)[C@H]1O. The Morgan fingerprint density at radius 2 is 2.00 bits per heavy atom. The summed E-state index contributed by atoms with van der Waals surface area (Å²) in [4.78, 5) is 0. The molecule has 0 bridgehead atoms. The second kappa shape index (κ2) is 4.52. The van der Waals surface area contributed by atoms with Crippen molar-refractivity contribution < 1.29 is 29.5 Å². The molecule has 6 nitrogen and oxygen atoms in total. The first-order valence-electron chi connectivity index (χ1n) is 4.30. The number of hydrogen-bond donors (Lipinski definition) is 3. The summed E-state index contributed by atoms with van der Waals surface area (Å²) in [5.41, 5.74) is 0. The molecule has 0 radical (unpaired) electrons. The maximum absolute atomic E-state index is 9.65. The molecule has 3 N–H and O–H groups in total. The standard InChI is InChI=1S/C8H16O6/c1-12-4-8(13-2)7(11)6(10)5(3-9)14-8/h5-7,9-11H,3-4H2,1-2H3/t5-,6+,7-,8?/m1/s1. The summed E-state index contributed by atoms with van der Waals surface area (Å²) in [6, 6.07) is 0. The molecule has 1 aliphatic heterocycles. The van der Waals surface area contributed by atoms with Crippen LogP contribution in [-0.4, -0.2) is 66.9 Å². The number of aliphatic hydroxyl groups is 3. The topological polar surface area (TPSA) is 88.4 Å². The van der Waals surface area contributed by atoms with Crippen LogP contribution in [0.2, 0.25) is 0 Å². The third-order valence-electron chi connectivity index (χ3n) is 2.38. The predicted molar refractivity (Wildman–Crippen MR) is 45.6 cm³/mol. The molecule has 1 saturated heterocycles. The zero-order valence-electron chi connectivity index (χ0n) is 8.21. The number of hydrogen-bond acceptors (Lipinski definition) is 6. The van der Waals surface area contributed by atoms with Gasteiger partial charge in [-0.05, 0) is 0 Å². The van der Waals surface area contributed by atoms with Gasteiger partial charge in [-0.3, -0.25) is 0 Å². The van der Waals surface area contributed by atoms with Gasteiger partial charge >= 0.3 is 0 Å². The maximum atomic E-state index is 9.65. The molecule has 0 amide bonds. The summed E-state index contributed by atoms with van der Waals surface area (Å²) in [6.07, 6.45) is -3.25. The highest BCUT2D eigenvalue weighted by Gasteiger charge is 2.54. The molecule has 4 atom stereocenters. The van der Waals surface area contributed by atoms with E-state index in [4.69, 9.17) is 19.3 Å². The van der Waals surface area contributed by atoms with Crippen LogP contribution in [0.15, 0.2) is 0 Å². The second-order valence-corrected chi connectivity index (χ2v) is 3.22. The van der Waals surface area contributed by atoms with Crippen molar-refractivity contribution in [2.24, 2.45) is 0 Å². The van der Waals surface area contributed by atoms with Gasteiger partial charge in [0.05, 0.1) is 6.61 Å². The van der Waals surface area contributed by atoms with Crippen LogP contribution in [0, 0.1) is 0 Å². The number of methoxy groups -OCH3 is 2. The zero-order chi connectivity index (χ0) is 10.8. The van der Waals surface area contributed by atoms with E-state index in [0.717, 1.165) is 0 Å². The van der Waals surface area contributed by atoms with E-state index < -0.39 is 24.1 Å². The lowest BCUT2D eigenvalue weighted by atomic mass is 10.1. The van der Waals surface area contributed by atoms with E-state index in [1.807, 2.05) is 0 Å². The van der Waals surface area contributed by atoms with Crippen LogP contribution in [0.1, 0.15) is 0 Å². The molecule has 6 heteroatoms. The quantitative estimate of drug-likeness (QED) is 0.499. The molecule has 0 aromatic rings. The first-order chi connectivity index (χ1) is 6.61. The summed E-state index contributed by atoms with van der Waals surface area (Å²) >= 11 is 0. The van der Waals surface area contributed by atoms with Crippen LogP contribution in [-0.2, 0) is 14.2 Å². The molecule has 1 rings (SSSR count). The Morgan fingerprint density at radius 3 is 2.36 bits per heavy atom. The van der Waals surface area contributed by atoms with E-state index in [0.29, 0.717) is 0 Å². The maximum Gasteiger partial charge on any atom is 0.221 e. The number of rotatable bonds is 4. The molecule has 0 aromatic heterocycles. The summed E-state index contributed by atoms with van der Waals surface area (Å²) in [5, 5.41) is 28.0. The van der Waals surface area contributed by atoms with Gasteiger partial charge in [-0.2, -0.15) is 0 Å². The van der Waals surface area contributed by atoms with Gasteiger partial charge in [-0.15, -0.1) is 0 Å². The lowest BCUT2D eigenvalue weighted by molar-refractivity contribution is -0.267. The van der Waals surface area contributed by atoms with Crippen LogP contribution in [0.3, 0.4) is 0 Å². The van der Waals surface area contributed by atoms with Crippen LogP contribution < -0.4 is 0 Å². The number of ether oxygens (including phenoxy) is 3. The highest BCUT2D eigenvalue weighted by molar-refractivity contribution is 4.96. The van der Waals surface area contributed by atoms with Gasteiger partial charge < -0.3 is 29.5 Å². The Labute approximate surface area is 82.0 Å². The van der Waals surface area contributed by atoms with Crippen molar-refractivity contribution in [1.29, 1.82) is 0 Å². The summed E-state index contributed by atoms with van der Waals surface area (Å²) in [7, 11) is 2.77. The van der Waals surface area contributed by atoms with Gasteiger partial charge in [-0.25, -0.2) is 0 Å². The fourth-order valence-corrected chi connectivity index (χ4v) is 1.55. The van der Waals surface area contributed by atoms with E-state index in [-0.39, 0.29) is 13.2 Å². The largest absolute Gasteiger partial charge is 0.394 e. The molecule has 0 saturated carbocycles. The molecule has 84 valence electrons. The molecular weight excluding hydrogens is 192 g/mol. The molecule has 0 spiro atoms. The molecule has 0 aliphatic carbocycles. The first-order valence-corrected chi connectivity index (χ1v) is 4.30. The van der Waals surface area contributed by atoms with Gasteiger partial charge in [0.25, 0.3) is 0 Å². The van der Waals surface area contributed by atoms with Crippen molar-refractivity contribution in [3.8, 4) is 0 Å². The Morgan fingerprint density at radius 1 is 1.36 bits per heavy atom. The Hall–Kier alpha value is -0.240. The van der Waals surface area contributed by atoms with Crippen molar-refractivity contribution in [3.63, 3.8) is 0 Å². The highest BCUT2D eigenvalue weighted by atomic mass is 16.7. The first kappa shape index (κ1) is 11.8. The van der Waals surface area contributed by atoms with Gasteiger partial charge in [-0.1, -0.05) is 0 Å². The molecule has 1 unspecified atom stereocenters. The molecule has 14 heavy (non-hydrogen) atoms. The Bertz CT molecular complexity index is 187. The summed E-state index contributed by atoms with van der Waals surface area (Å²) < 4.78 is 15.0. The lowest BCUT2D eigenvalue weighted by Crippen LogP contribution is -2.48. The second-order valence-electron chi connectivity index (χ2n) is 3.22. The van der Waals surface area contributed by atoms with Crippen LogP contribution in [0.5, 0.6) is 0 Å². The third kappa shape index (κ3) is 1.77. The predicted octanol–water partition coefficient (Wildman–Crippen LogP) is -1.91. The van der Waals surface area contributed by atoms with Crippen molar-refractivity contribution in [3.05, 3.63) is 0 Å². The monoisotopic (exact) mass is 208 g/mol. The lowest BCUT2D eigenvalue weighted by Gasteiger charge is -2.29. The van der Waals surface area contributed by atoms with E-state index in [2.05, 4.69) is 0 Å². The average Bonchev–Trinajstić information content (AvgIpc) is 2.44. The van der Waals surface area contributed by atoms with Crippen molar-refractivity contribution in [1.82, 2.24) is 0 Å². The van der Waals surface area contributed by atoms with E-state index >= 15 is 0 Å². The van der Waals surface area contributed by atoms with Crippen LogP contribution in [0.25, 0.3) is 0 Å². The van der Waals surface area contributed by atoms with Gasteiger partial charge in [0, 0.05) is 14.2 Å². The minimum absolute atomic E-state index is 0.0156. The fraction of sp³-hybridized carbons (Fsp3) is 1.00. The van der Waals surface area contributed by atoms with Crippen molar-refractivity contribution in [2.45, 2.75) is 24.1 Å². The van der Waals surface area contributed by atoms with Crippen LogP contribution in [0.4, 0.5) is 0 Å². The van der Waals surface area contributed by atoms with E-state index in [9.17, 15) is 10.2 Å². The highest BCUT2D eigenvalue weighted by Crippen LogP contribution is 2.32. The minimum Gasteiger partial charge on any atom is -0.394 e. The molecule has 1 aliphatic rings. The van der Waals surface area contributed by atoms with Crippen molar-refractivity contribution >= 4 is 0 Å². The molecule has 1 fully saturated rings. The minimum atomic E-state index is -1.39. The van der Waals surface area contributed by atoms with Crippen molar-refractivity contribution in [2.75, 3.05) is 27.4 Å². The van der Waals surface area contributed by atoms with Gasteiger partial charge in [0.15, 0.2) is 0 Å². The normalized spacial score (nSPS) is 43.1. The molecule has 0 aromatic carbocycles. The Kier molecular flexibility index (Phi) is 3.82. The van der Waals surface area contributed by atoms with Crippen LogP contribution >= 0.6 is 0 Å². The average molecular weight is 208 g/mol. The molecular formula is C8H16O6. The Balaban J connectivity index is 2.78. The number of aliphatic hydroxyl groups excluding tert-OH is 3. The van der Waals surface area contributed by atoms with E-state index in [1.54, 1.807) is 0 Å². The third-order valence-corrected chi connectivity index (χ3v) is 2.38.